The fraction of sp³-hybridized carbons (Fsp3) is 0.222. The molecule has 0 amide bonds. The van der Waals surface area contributed by atoms with Gasteiger partial charge in [-0.15, -0.1) is 0 Å². The smallest absolute Gasteiger partial charge is 0.321 e. The van der Waals surface area contributed by atoms with Crippen molar-refractivity contribution in [2.45, 2.75) is 17.9 Å². The number of halogens is 1. The highest BCUT2D eigenvalue weighted by atomic mass is 32.2. The maximum Gasteiger partial charge on any atom is 0.321 e. The van der Waals surface area contributed by atoms with E-state index in [4.69, 9.17) is 5.11 Å². The molecule has 1 rings (SSSR count). The first-order chi connectivity index (χ1) is 7.34. The van der Waals surface area contributed by atoms with E-state index in [-0.39, 0.29) is 0 Å². The number of hydrogen-bond donors (Lipinski definition) is 2. The topological polar surface area (TPSA) is 83.5 Å². The number of carbonyl (C=O) groups is 1. The Balaban J connectivity index is 3.04. The molecule has 0 saturated heterocycles. The Morgan fingerprint density at radius 3 is 2.50 bits per heavy atom. The summed E-state index contributed by atoms with van der Waals surface area (Å²) in [5.74, 6) is -2.26. The number of sulfonamides is 1. The van der Waals surface area contributed by atoms with E-state index in [0.29, 0.717) is 0 Å². The second-order valence-corrected chi connectivity index (χ2v) is 4.79. The van der Waals surface area contributed by atoms with Crippen LogP contribution in [0, 0.1) is 5.82 Å². The standard InChI is InChI=1S/C9H10FNO4S/c1-6(9(12)13)11-16(14,15)8-5-3-2-4-7(8)10/h2-6,11H,1H3,(H,12,13). The zero-order valence-corrected chi connectivity index (χ0v) is 9.16. The van der Waals surface area contributed by atoms with E-state index in [1.165, 1.54) is 12.1 Å². The number of carboxylic acid groups (broad SMARTS) is 1. The first kappa shape index (κ1) is 12.6. The summed E-state index contributed by atoms with van der Waals surface area (Å²) in [5, 5.41) is 8.54. The molecular formula is C9H10FNO4S. The van der Waals surface area contributed by atoms with Crippen LogP contribution in [0.25, 0.3) is 0 Å². The minimum atomic E-state index is -4.14. The Morgan fingerprint density at radius 1 is 1.44 bits per heavy atom. The van der Waals surface area contributed by atoms with Gasteiger partial charge in [-0.1, -0.05) is 12.1 Å². The van der Waals surface area contributed by atoms with Gasteiger partial charge in [0.2, 0.25) is 10.0 Å². The summed E-state index contributed by atoms with van der Waals surface area (Å²) in [6.07, 6.45) is 0. The van der Waals surface area contributed by atoms with Gasteiger partial charge in [0.1, 0.15) is 16.8 Å². The van der Waals surface area contributed by atoms with Gasteiger partial charge in [0.15, 0.2) is 0 Å². The van der Waals surface area contributed by atoms with Crippen molar-refractivity contribution in [1.29, 1.82) is 0 Å². The Bertz CT molecular complexity index is 500. The summed E-state index contributed by atoms with van der Waals surface area (Å²) < 4.78 is 38.1. The maximum absolute atomic E-state index is 13.2. The van der Waals surface area contributed by atoms with Crippen molar-refractivity contribution in [2.75, 3.05) is 0 Å². The van der Waals surface area contributed by atoms with Gasteiger partial charge in [0.05, 0.1) is 0 Å². The summed E-state index contributed by atoms with van der Waals surface area (Å²) in [4.78, 5) is 9.91. The first-order valence-electron chi connectivity index (χ1n) is 4.34. The SMILES string of the molecule is CC(NS(=O)(=O)c1ccccc1F)C(=O)O. The highest BCUT2D eigenvalue weighted by Crippen LogP contribution is 2.13. The number of hydrogen-bond acceptors (Lipinski definition) is 3. The molecule has 0 saturated carbocycles. The molecule has 0 aliphatic carbocycles. The van der Waals surface area contributed by atoms with Crippen LogP contribution >= 0.6 is 0 Å². The molecule has 0 bridgehead atoms. The van der Waals surface area contributed by atoms with Crippen LogP contribution in [0.2, 0.25) is 0 Å². The van der Waals surface area contributed by atoms with Gasteiger partial charge in [0.25, 0.3) is 0 Å². The predicted molar refractivity (Wildman–Crippen MR) is 53.8 cm³/mol. The summed E-state index contributed by atoms with van der Waals surface area (Å²) in [5.41, 5.74) is 0. The number of aliphatic carboxylic acids is 1. The van der Waals surface area contributed by atoms with Crippen LogP contribution in [0.1, 0.15) is 6.92 Å². The lowest BCUT2D eigenvalue weighted by Crippen LogP contribution is -2.38. The second kappa shape index (κ2) is 4.58. The van der Waals surface area contributed by atoms with E-state index in [1.807, 2.05) is 4.72 Å². The maximum atomic E-state index is 13.2. The van der Waals surface area contributed by atoms with Crippen LogP contribution in [0.15, 0.2) is 29.2 Å². The summed E-state index contributed by atoms with van der Waals surface area (Å²) >= 11 is 0. The molecule has 88 valence electrons. The molecule has 5 nitrogen and oxygen atoms in total. The quantitative estimate of drug-likeness (QED) is 0.815. The summed E-state index contributed by atoms with van der Waals surface area (Å²) in [6.45, 7) is 1.15. The van der Waals surface area contributed by atoms with Crippen molar-refractivity contribution in [1.82, 2.24) is 4.72 Å². The number of carboxylic acids is 1. The molecule has 0 fully saturated rings. The molecule has 2 N–H and O–H groups in total. The zero-order chi connectivity index (χ0) is 12.3. The van der Waals surface area contributed by atoms with Crippen molar-refractivity contribution in [2.24, 2.45) is 0 Å². The van der Waals surface area contributed by atoms with Crippen molar-refractivity contribution >= 4 is 16.0 Å². The van der Waals surface area contributed by atoms with Crippen LogP contribution in [-0.2, 0) is 14.8 Å². The normalized spacial score (nSPS) is 13.4. The third-order valence-corrected chi connectivity index (χ3v) is 3.40. The van der Waals surface area contributed by atoms with Gasteiger partial charge in [-0.2, -0.15) is 4.72 Å². The number of nitrogens with one attached hydrogen (secondary N) is 1. The van der Waals surface area contributed by atoms with E-state index >= 15 is 0 Å². The van der Waals surface area contributed by atoms with Gasteiger partial charge in [-0.05, 0) is 19.1 Å². The van der Waals surface area contributed by atoms with Crippen molar-refractivity contribution in [3.05, 3.63) is 30.1 Å². The monoisotopic (exact) mass is 247 g/mol. The third-order valence-electron chi connectivity index (χ3n) is 1.83. The highest BCUT2D eigenvalue weighted by Gasteiger charge is 2.23. The van der Waals surface area contributed by atoms with Crippen LogP contribution < -0.4 is 4.72 Å². The molecule has 1 unspecified atom stereocenters. The third kappa shape index (κ3) is 2.77. The highest BCUT2D eigenvalue weighted by molar-refractivity contribution is 7.89. The van der Waals surface area contributed by atoms with E-state index in [0.717, 1.165) is 19.1 Å². The molecule has 1 atom stereocenters. The fourth-order valence-electron chi connectivity index (χ4n) is 1.01. The molecule has 1 aromatic rings. The first-order valence-corrected chi connectivity index (χ1v) is 5.82. The Hall–Kier alpha value is -1.47. The molecule has 0 aromatic heterocycles. The van der Waals surface area contributed by atoms with Crippen molar-refractivity contribution in [3.8, 4) is 0 Å². The largest absolute Gasteiger partial charge is 0.480 e. The molecule has 7 heteroatoms. The Morgan fingerprint density at radius 2 is 2.00 bits per heavy atom. The average Bonchev–Trinajstić information content (AvgIpc) is 2.17. The zero-order valence-electron chi connectivity index (χ0n) is 8.34. The Labute approximate surface area is 92.0 Å². The Kier molecular flexibility index (Phi) is 3.61. The van der Waals surface area contributed by atoms with E-state index in [1.54, 1.807) is 0 Å². The van der Waals surface area contributed by atoms with Gasteiger partial charge >= 0.3 is 5.97 Å². The van der Waals surface area contributed by atoms with Crippen molar-refractivity contribution in [3.63, 3.8) is 0 Å². The lowest BCUT2D eigenvalue weighted by molar-refractivity contribution is -0.138. The fourth-order valence-corrected chi connectivity index (χ4v) is 2.29. The van der Waals surface area contributed by atoms with Crippen molar-refractivity contribution < 1.29 is 22.7 Å². The lowest BCUT2D eigenvalue weighted by atomic mass is 10.3. The molecule has 1 aromatic carbocycles. The number of rotatable bonds is 4. The predicted octanol–water partition coefficient (Wildman–Crippen LogP) is 0.577. The van der Waals surface area contributed by atoms with Gasteiger partial charge in [-0.3, -0.25) is 4.79 Å². The molecule has 0 aliphatic heterocycles. The summed E-state index contributed by atoms with van der Waals surface area (Å²) in [7, 11) is -4.14. The lowest BCUT2D eigenvalue weighted by Gasteiger charge is -2.10. The van der Waals surface area contributed by atoms with E-state index in [9.17, 15) is 17.6 Å². The van der Waals surface area contributed by atoms with E-state index in [2.05, 4.69) is 0 Å². The van der Waals surface area contributed by atoms with Gasteiger partial charge in [-0.25, -0.2) is 12.8 Å². The van der Waals surface area contributed by atoms with E-state index < -0.39 is 32.7 Å². The average molecular weight is 247 g/mol. The molecule has 16 heavy (non-hydrogen) atoms. The minimum absolute atomic E-state index is 0.567. The molecule has 0 aliphatic rings. The van der Waals surface area contributed by atoms with Gasteiger partial charge < -0.3 is 5.11 Å². The number of benzene rings is 1. The minimum Gasteiger partial charge on any atom is -0.480 e. The van der Waals surface area contributed by atoms with Crippen LogP contribution in [0.3, 0.4) is 0 Å². The van der Waals surface area contributed by atoms with Crippen LogP contribution in [0.5, 0.6) is 0 Å². The molecule has 0 heterocycles. The van der Waals surface area contributed by atoms with Crippen LogP contribution in [0.4, 0.5) is 4.39 Å². The van der Waals surface area contributed by atoms with Crippen LogP contribution in [-0.4, -0.2) is 25.5 Å². The molecular weight excluding hydrogens is 237 g/mol. The molecule has 0 spiro atoms. The second-order valence-electron chi connectivity index (χ2n) is 3.11. The van der Waals surface area contributed by atoms with Gasteiger partial charge in [0, 0.05) is 0 Å². The molecule has 0 radical (unpaired) electrons. The summed E-state index contributed by atoms with van der Waals surface area (Å²) in [6, 6.07) is 3.43.